The molecule has 26 heavy (non-hydrogen) atoms. The molecule has 1 aromatic heterocycles. The number of anilines is 1. The topological polar surface area (TPSA) is 68.3 Å². The first-order valence-corrected chi connectivity index (χ1v) is 7.78. The average molecular weight is 377 g/mol. The summed E-state index contributed by atoms with van der Waals surface area (Å²) >= 11 is 5.80. The minimum absolute atomic E-state index is 0.0720. The summed E-state index contributed by atoms with van der Waals surface area (Å²) in [6.07, 6.45) is 0. The van der Waals surface area contributed by atoms with Crippen LogP contribution in [-0.4, -0.2) is 23.5 Å². The summed E-state index contributed by atoms with van der Waals surface area (Å²) in [5, 5.41) is 3.26. The predicted octanol–water partition coefficient (Wildman–Crippen LogP) is 3.96. The van der Waals surface area contributed by atoms with Crippen LogP contribution in [0.3, 0.4) is 0 Å². The molecule has 2 aromatic carbocycles. The van der Waals surface area contributed by atoms with Gasteiger partial charge in [-0.05, 0) is 42.5 Å². The van der Waals surface area contributed by atoms with Gasteiger partial charge in [0.15, 0.2) is 6.61 Å². The Labute approximate surface area is 151 Å². The number of nitrogens with one attached hydrogen (secondary N) is 1. The summed E-state index contributed by atoms with van der Waals surface area (Å²) in [7, 11) is 0. The summed E-state index contributed by atoms with van der Waals surface area (Å²) in [5.41, 5.74) is 0.767. The number of hydrogen-bond acceptors (Lipinski definition) is 4. The third-order valence-corrected chi connectivity index (χ3v) is 3.58. The lowest BCUT2D eigenvalue weighted by atomic mass is 10.1. The highest BCUT2D eigenvalue weighted by Crippen LogP contribution is 2.18. The number of amides is 1. The monoisotopic (exact) mass is 376 g/mol. The third kappa shape index (κ3) is 4.31. The number of carbonyl (C=O) groups excluding carboxylic acids is 2. The number of nitrogens with zero attached hydrogens (tertiary/aromatic N) is 1. The molecule has 3 rings (SSSR count). The lowest BCUT2D eigenvalue weighted by Gasteiger charge is -2.07. The Hall–Kier alpha value is -3.06. The van der Waals surface area contributed by atoms with Crippen molar-refractivity contribution in [3.05, 3.63) is 70.9 Å². The van der Waals surface area contributed by atoms with Crippen molar-refractivity contribution in [2.75, 3.05) is 11.9 Å². The van der Waals surface area contributed by atoms with Crippen LogP contribution in [-0.2, 0) is 9.53 Å². The minimum Gasteiger partial charge on any atom is -0.452 e. The molecule has 0 bridgehead atoms. The van der Waals surface area contributed by atoms with E-state index in [-0.39, 0.29) is 11.3 Å². The van der Waals surface area contributed by atoms with Gasteiger partial charge in [-0.2, -0.15) is 0 Å². The Balaban J connectivity index is 1.62. The van der Waals surface area contributed by atoms with Crippen molar-refractivity contribution < 1.29 is 23.1 Å². The molecule has 0 fully saturated rings. The van der Waals surface area contributed by atoms with Crippen LogP contribution >= 0.6 is 11.6 Å². The summed E-state index contributed by atoms with van der Waals surface area (Å²) < 4.78 is 31.1. The predicted molar refractivity (Wildman–Crippen MR) is 92.0 cm³/mol. The van der Waals surface area contributed by atoms with Crippen molar-refractivity contribution in [2.24, 2.45) is 0 Å². The molecule has 3 aromatic rings. The van der Waals surface area contributed by atoms with Gasteiger partial charge in [0.2, 0.25) is 0 Å². The van der Waals surface area contributed by atoms with Gasteiger partial charge in [-0.1, -0.05) is 11.6 Å². The summed E-state index contributed by atoms with van der Waals surface area (Å²) in [4.78, 5) is 27.9. The molecule has 0 saturated carbocycles. The van der Waals surface area contributed by atoms with E-state index in [1.54, 1.807) is 24.3 Å². The number of hydrogen-bond donors (Lipinski definition) is 1. The number of aromatic nitrogens is 1. The zero-order valence-corrected chi connectivity index (χ0v) is 13.9. The van der Waals surface area contributed by atoms with E-state index in [2.05, 4.69) is 10.3 Å². The van der Waals surface area contributed by atoms with Gasteiger partial charge in [-0.3, -0.25) is 4.79 Å². The van der Waals surface area contributed by atoms with E-state index < -0.39 is 30.1 Å². The van der Waals surface area contributed by atoms with Gasteiger partial charge in [-0.25, -0.2) is 18.6 Å². The van der Waals surface area contributed by atoms with Crippen molar-refractivity contribution >= 4 is 40.1 Å². The number of rotatable bonds is 4. The highest BCUT2D eigenvalue weighted by atomic mass is 35.5. The van der Waals surface area contributed by atoms with E-state index in [4.69, 9.17) is 16.3 Å². The SMILES string of the molecule is O=C(COC(=O)c1ccc2nc(Cl)ccc2c1)Nc1cc(F)cc(F)c1. The number of halogens is 3. The fraction of sp³-hybridized carbons (Fsp3) is 0.0556. The van der Waals surface area contributed by atoms with Gasteiger partial charge in [0.25, 0.3) is 5.91 Å². The molecule has 0 atom stereocenters. The molecule has 1 heterocycles. The van der Waals surface area contributed by atoms with Crippen LogP contribution in [0.2, 0.25) is 5.15 Å². The molecule has 132 valence electrons. The normalized spacial score (nSPS) is 10.6. The highest BCUT2D eigenvalue weighted by molar-refractivity contribution is 6.29. The van der Waals surface area contributed by atoms with Gasteiger partial charge in [0.05, 0.1) is 11.1 Å². The van der Waals surface area contributed by atoms with Crippen molar-refractivity contribution in [2.45, 2.75) is 0 Å². The van der Waals surface area contributed by atoms with Gasteiger partial charge in [0.1, 0.15) is 16.8 Å². The van der Waals surface area contributed by atoms with E-state index in [1.165, 1.54) is 6.07 Å². The van der Waals surface area contributed by atoms with E-state index in [0.717, 1.165) is 12.1 Å². The zero-order chi connectivity index (χ0) is 18.7. The molecule has 0 aliphatic heterocycles. The maximum atomic E-state index is 13.1. The number of pyridine rings is 1. The van der Waals surface area contributed by atoms with Gasteiger partial charge < -0.3 is 10.1 Å². The fourth-order valence-electron chi connectivity index (χ4n) is 2.27. The Kier molecular flexibility index (Phi) is 5.09. The molecule has 0 unspecified atom stereocenters. The van der Waals surface area contributed by atoms with Crippen LogP contribution in [0.1, 0.15) is 10.4 Å². The van der Waals surface area contributed by atoms with Gasteiger partial charge >= 0.3 is 5.97 Å². The van der Waals surface area contributed by atoms with E-state index in [9.17, 15) is 18.4 Å². The molecule has 0 aliphatic rings. The Morgan fingerprint density at radius 2 is 1.77 bits per heavy atom. The Morgan fingerprint density at radius 3 is 2.50 bits per heavy atom. The highest BCUT2D eigenvalue weighted by Gasteiger charge is 2.12. The van der Waals surface area contributed by atoms with Crippen LogP contribution in [0, 0.1) is 11.6 Å². The molecule has 1 N–H and O–H groups in total. The molecular formula is C18H11ClF2N2O3. The second-order valence-corrected chi connectivity index (χ2v) is 5.71. The van der Waals surface area contributed by atoms with Crippen LogP contribution < -0.4 is 5.32 Å². The lowest BCUT2D eigenvalue weighted by molar-refractivity contribution is -0.119. The van der Waals surface area contributed by atoms with Crippen LogP contribution in [0.15, 0.2) is 48.5 Å². The smallest absolute Gasteiger partial charge is 0.338 e. The second-order valence-electron chi connectivity index (χ2n) is 5.32. The first kappa shape index (κ1) is 17.8. The molecule has 0 aliphatic carbocycles. The summed E-state index contributed by atoms with van der Waals surface area (Å²) in [6.45, 7) is -0.603. The standard InChI is InChI=1S/C18H11ClF2N2O3/c19-16-4-2-10-5-11(1-3-15(10)23-16)18(25)26-9-17(24)22-14-7-12(20)6-13(21)8-14/h1-8H,9H2,(H,22,24). The largest absolute Gasteiger partial charge is 0.452 e. The maximum absolute atomic E-state index is 13.1. The van der Waals surface area contributed by atoms with E-state index in [1.807, 2.05) is 0 Å². The third-order valence-electron chi connectivity index (χ3n) is 3.37. The van der Waals surface area contributed by atoms with Crippen molar-refractivity contribution in [1.82, 2.24) is 4.98 Å². The molecule has 1 amide bonds. The van der Waals surface area contributed by atoms with Gasteiger partial charge in [0, 0.05) is 17.1 Å². The summed E-state index contributed by atoms with van der Waals surface area (Å²) in [5.74, 6) is -3.11. The number of carbonyl (C=O) groups is 2. The minimum atomic E-state index is -0.831. The first-order chi connectivity index (χ1) is 12.4. The average Bonchev–Trinajstić information content (AvgIpc) is 2.58. The quantitative estimate of drug-likeness (QED) is 0.552. The van der Waals surface area contributed by atoms with Crippen LogP contribution in [0.5, 0.6) is 0 Å². The van der Waals surface area contributed by atoms with E-state index in [0.29, 0.717) is 22.1 Å². The van der Waals surface area contributed by atoms with Crippen molar-refractivity contribution in [3.8, 4) is 0 Å². The van der Waals surface area contributed by atoms with Crippen molar-refractivity contribution in [3.63, 3.8) is 0 Å². The van der Waals surface area contributed by atoms with E-state index >= 15 is 0 Å². The fourth-order valence-corrected chi connectivity index (χ4v) is 2.42. The Bertz CT molecular complexity index is 991. The van der Waals surface area contributed by atoms with Gasteiger partial charge in [-0.15, -0.1) is 0 Å². The molecule has 8 heteroatoms. The maximum Gasteiger partial charge on any atom is 0.338 e. The number of fused-ring (bicyclic) bond motifs is 1. The van der Waals surface area contributed by atoms with Crippen LogP contribution in [0.25, 0.3) is 10.9 Å². The number of benzene rings is 2. The first-order valence-electron chi connectivity index (χ1n) is 7.40. The second kappa shape index (κ2) is 7.45. The molecular weight excluding hydrogens is 366 g/mol. The number of ether oxygens (including phenoxy) is 1. The lowest BCUT2D eigenvalue weighted by Crippen LogP contribution is -2.21. The molecule has 0 saturated heterocycles. The Morgan fingerprint density at radius 1 is 1.04 bits per heavy atom. The summed E-state index contributed by atoms with van der Waals surface area (Å²) in [6, 6.07) is 10.5. The van der Waals surface area contributed by atoms with Crippen molar-refractivity contribution in [1.29, 1.82) is 0 Å². The number of esters is 1. The zero-order valence-electron chi connectivity index (χ0n) is 13.1. The van der Waals surface area contributed by atoms with Crippen LogP contribution in [0.4, 0.5) is 14.5 Å². The molecule has 0 radical (unpaired) electrons. The molecule has 0 spiro atoms. The molecule has 5 nitrogen and oxygen atoms in total.